The Labute approximate surface area is 177 Å². The lowest BCUT2D eigenvalue weighted by atomic mass is 9.99. The van der Waals surface area contributed by atoms with Crippen LogP contribution in [-0.2, 0) is 14.3 Å². The molecule has 2 aromatic rings. The highest BCUT2D eigenvalue weighted by molar-refractivity contribution is 6.36. The second-order valence-corrected chi connectivity index (χ2v) is 7.24. The van der Waals surface area contributed by atoms with Crippen LogP contribution in [0.4, 0.5) is 5.69 Å². The third-order valence-corrected chi connectivity index (χ3v) is 5.13. The van der Waals surface area contributed by atoms with Crippen molar-refractivity contribution in [3.63, 3.8) is 0 Å². The maximum Gasteiger partial charge on any atom is 0.278 e. The summed E-state index contributed by atoms with van der Waals surface area (Å²) in [5, 5.41) is 3.17. The topological polar surface area (TPSA) is 67.9 Å². The fourth-order valence-electron chi connectivity index (χ4n) is 3.37. The number of rotatable bonds is 9. The number of amides is 2. The monoisotopic (exact) mass is 408 g/mol. The molecule has 1 aliphatic rings. The van der Waals surface area contributed by atoms with E-state index < -0.39 is 0 Å². The third-order valence-electron chi connectivity index (χ3n) is 5.13. The molecule has 30 heavy (non-hydrogen) atoms. The van der Waals surface area contributed by atoms with E-state index in [1.165, 1.54) is 4.90 Å². The van der Waals surface area contributed by atoms with Crippen molar-refractivity contribution in [2.45, 2.75) is 27.2 Å². The zero-order valence-corrected chi connectivity index (χ0v) is 18.0. The average Bonchev–Trinajstić information content (AvgIpc) is 2.96. The number of hydrogen-bond donors (Lipinski definition) is 1. The van der Waals surface area contributed by atoms with Gasteiger partial charge in [-0.2, -0.15) is 0 Å². The van der Waals surface area contributed by atoms with Crippen molar-refractivity contribution >= 4 is 23.1 Å². The predicted molar refractivity (Wildman–Crippen MR) is 117 cm³/mol. The fourth-order valence-corrected chi connectivity index (χ4v) is 3.37. The molecule has 2 amide bonds. The highest BCUT2D eigenvalue weighted by Crippen LogP contribution is 2.32. The van der Waals surface area contributed by atoms with Gasteiger partial charge in [0, 0.05) is 25.9 Å². The van der Waals surface area contributed by atoms with Crippen molar-refractivity contribution in [1.29, 1.82) is 0 Å². The van der Waals surface area contributed by atoms with Gasteiger partial charge in [-0.05, 0) is 68.1 Å². The number of nitrogens with zero attached hydrogens (tertiary/aromatic N) is 1. The Kier molecular flexibility index (Phi) is 6.90. The second kappa shape index (κ2) is 9.59. The first-order valence-corrected chi connectivity index (χ1v) is 10.1. The Hall–Kier alpha value is -3.12. The minimum atomic E-state index is -0.321. The van der Waals surface area contributed by atoms with Crippen LogP contribution in [0.5, 0.6) is 5.75 Å². The van der Waals surface area contributed by atoms with Gasteiger partial charge in [-0.15, -0.1) is 0 Å². The van der Waals surface area contributed by atoms with E-state index in [1.54, 1.807) is 7.11 Å². The molecule has 1 N–H and O–H groups in total. The van der Waals surface area contributed by atoms with Crippen molar-refractivity contribution in [2.24, 2.45) is 0 Å². The number of carbonyl (C=O) groups is 2. The molecule has 1 heterocycles. The second-order valence-electron chi connectivity index (χ2n) is 7.24. The number of anilines is 1. The van der Waals surface area contributed by atoms with Crippen molar-refractivity contribution in [3.8, 4) is 5.75 Å². The Morgan fingerprint density at radius 2 is 1.70 bits per heavy atom. The highest BCUT2D eigenvalue weighted by atomic mass is 16.5. The average molecular weight is 408 g/mol. The van der Waals surface area contributed by atoms with E-state index in [-0.39, 0.29) is 11.8 Å². The summed E-state index contributed by atoms with van der Waals surface area (Å²) >= 11 is 0. The highest BCUT2D eigenvalue weighted by Gasteiger charge is 2.38. The van der Waals surface area contributed by atoms with Gasteiger partial charge in [0.05, 0.1) is 12.2 Å². The molecule has 0 saturated heterocycles. The van der Waals surface area contributed by atoms with Gasteiger partial charge < -0.3 is 14.8 Å². The summed E-state index contributed by atoms with van der Waals surface area (Å²) in [4.78, 5) is 27.6. The summed E-state index contributed by atoms with van der Waals surface area (Å²) in [6.07, 6.45) is 0.588. The quantitative estimate of drug-likeness (QED) is 0.503. The van der Waals surface area contributed by atoms with Crippen LogP contribution in [0.3, 0.4) is 0 Å². The van der Waals surface area contributed by atoms with E-state index in [0.717, 1.165) is 28.1 Å². The van der Waals surface area contributed by atoms with Crippen LogP contribution < -0.4 is 10.1 Å². The first-order valence-electron chi connectivity index (χ1n) is 10.1. The molecule has 0 spiro atoms. The molecule has 1 aliphatic heterocycles. The first kappa shape index (κ1) is 21.6. The van der Waals surface area contributed by atoms with E-state index in [1.807, 2.05) is 63.2 Å². The molecule has 0 unspecified atom stereocenters. The van der Waals surface area contributed by atoms with Gasteiger partial charge in [0.2, 0.25) is 0 Å². The van der Waals surface area contributed by atoms with E-state index >= 15 is 0 Å². The number of nitrogens with one attached hydrogen (secondary N) is 1. The molecular weight excluding hydrogens is 380 g/mol. The summed E-state index contributed by atoms with van der Waals surface area (Å²) in [7, 11) is 1.60. The van der Waals surface area contributed by atoms with Crippen LogP contribution in [0.25, 0.3) is 5.57 Å². The smallest absolute Gasteiger partial charge is 0.278 e. The van der Waals surface area contributed by atoms with Gasteiger partial charge in [0.15, 0.2) is 0 Å². The molecule has 2 aromatic carbocycles. The molecule has 6 nitrogen and oxygen atoms in total. The van der Waals surface area contributed by atoms with E-state index in [2.05, 4.69) is 5.32 Å². The van der Waals surface area contributed by atoms with Crippen molar-refractivity contribution in [1.82, 2.24) is 4.90 Å². The largest absolute Gasteiger partial charge is 0.494 e. The number of aryl methyl sites for hydroxylation is 2. The number of hydrogen-bond acceptors (Lipinski definition) is 5. The van der Waals surface area contributed by atoms with Gasteiger partial charge in [-0.1, -0.05) is 18.2 Å². The molecule has 3 rings (SSSR count). The summed E-state index contributed by atoms with van der Waals surface area (Å²) in [5.74, 6) is 0.146. The predicted octanol–water partition coefficient (Wildman–Crippen LogP) is 3.93. The molecule has 0 saturated carbocycles. The van der Waals surface area contributed by atoms with Crippen LogP contribution >= 0.6 is 0 Å². The van der Waals surface area contributed by atoms with Gasteiger partial charge in [0.25, 0.3) is 11.8 Å². The van der Waals surface area contributed by atoms with Crippen LogP contribution in [0, 0.1) is 13.8 Å². The number of carbonyl (C=O) groups excluding carboxylic acids is 2. The summed E-state index contributed by atoms with van der Waals surface area (Å²) in [5.41, 5.74) is 4.35. The molecule has 6 heteroatoms. The minimum Gasteiger partial charge on any atom is -0.494 e. The molecule has 0 atom stereocenters. The molecule has 0 aromatic heterocycles. The molecule has 0 fully saturated rings. The third kappa shape index (κ3) is 4.54. The van der Waals surface area contributed by atoms with Crippen molar-refractivity contribution in [2.75, 3.05) is 32.2 Å². The number of imide groups is 1. The zero-order valence-electron chi connectivity index (χ0n) is 18.0. The lowest BCUT2D eigenvalue weighted by molar-refractivity contribution is -0.136. The van der Waals surface area contributed by atoms with Crippen molar-refractivity contribution < 1.29 is 19.1 Å². The first-order chi connectivity index (χ1) is 14.5. The SMILES string of the molecule is CCOc1ccc(NC2=C(c3ccc(C)c(C)c3)C(=O)N(CCCOC)C2=O)cc1. The molecule has 0 radical (unpaired) electrons. The van der Waals surface area contributed by atoms with Crippen LogP contribution in [0.1, 0.15) is 30.0 Å². The van der Waals surface area contributed by atoms with E-state index in [9.17, 15) is 9.59 Å². The van der Waals surface area contributed by atoms with Crippen LogP contribution in [-0.4, -0.2) is 43.6 Å². The summed E-state index contributed by atoms with van der Waals surface area (Å²) in [6.45, 7) is 7.32. The van der Waals surface area contributed by atoms with Gasteiger partial charge in [0.1, 0.15) is 11.4 Å². The summed E-state index contributed by atoms with van der Waals surface area (Å²) in [6, 6.07) is 13.1. The Bertz CT molecular complexity index is 964. The zero-order chi connectivity index (χ0) is 21.7. The normalized spacial score (nSPS) is 13.9. The molecule has 158 valence electrons. The Morgan fingerprint density at radius 3 is 2.33 bits per heavy atom. The summed E-state index contributed by atoms with van der Waals surface area (Å²) < 4.78 is 10.6. The maximum atomic E-state index is 13.2. The Balaban J connectivity index is 1.97. The molecule has 0 bridgehead atoms. The van der Waals surface area contributed by atoms with Gasteiger partial charge in [-0.3, -0.25) is 14.5 Å². The molecular formula is C24H28N2O4. The number of methoxy groups -OCH3 is 1. The lowest BCUT2D eigenvalue weighted by Gasteiger charge is -2.15. The van der Waals surface area contributed by atoms with Gasteiger partial charge >= 0.3 is 0 Å². The van der Waals surface area contributed by atoms with Gasteiger partial charge in [-0.25, -0.2) is 0 Å². The van der Waals surface area contributed by atoms with E-state index in [4.69, 9.17) is 9.47 Å². The standard InChI is InChI=1S/C24H28N2O4/c1-5-30-20-11-9-19(10-12-20)25-22-21(18-8-7-16(2)17(3)15-18)23(27)26(24(22)28)13-6-14-29-4/h7-12,15,25H,5-6,13-14H2,1-4H3. The number of benzene rings is 2. The lowest BCUT2D eigenvalue weighted by Crippen LogP contribution is -2.33. The van der Waals surface area contributed by atoms with Crippen LogP contribution in [0.2, 0.25) is 0 Å². The van der Waals surface area contributed by atoms with Crippen molar-refractivity contribution in [3.05, 3.63) is 64.9 Å². The Morgan fingerprint density at radius 1 is 0.967 bits per heavy atom. The molecule has 0 aliphatic carbocycles. The number of ether oxygens (including phenoxy) is 2. The minimum absolute atomic E-state index is 0.284. The fraction of sp³-hybridized carbons (Fsp3) is 0.333. The maximum absolute atomic E-state index is 13.2. The van der Waals surface area contributed by atoms with Crippen LogP contribution in [0.15, 0.2) is 48.2 Å². The van der Waals surface area contributed by atoms with E-state index in [0.29, 0.717) is 37.4 Å².